The highest BCUT2D eigenvalue weighted by Gasteiger charge is 2.67. The van der Waals surface area contributed by atoms with Gasteiger partial charge in [-0.2, -0.15) is 5.10 Å². The monoisotopic (exact) mass is 665 g/mol. The normalized spacial score (nSPS) is 24.5. The fourth-order valence-corrected chi connectivity index (χ4v) is 6.92. The summed E-state index contributed by atoms with van der Waals surface area (Å²) in [7, 11) is 0. The van der Waals surface area contributed by atoms with Crippen LogP contribution in [0.4, 0.5) is 10.5 Å². The van der Waals surface area contributed by atoms with E-state index in [2.05, 4.69) is 31.3 Å². The van der Waals surface area contributed by atoms with Crippen molar-refractivity contribution in [1.82, 2.24) is 19.7 Å². The van der Waals surface area contributed by atoms with E-state index in [1.54, 1.807) is 23.1 Å². The van der Waals surface area contributed by atoms with Crippen LogP contribution in [0.3, 0.4) is 0 Å². The number of rotatable bonds is 4. The molecule has 0 radical (unpaired) electrons. The number of hydrogen-bond donors (Lipinski definition) is 1. The molecule has 4 bridgehead atoms. The lowest BCUT2D eigenvalue weighted by Gasteiger charge is -2.27. The predicted molar refractivity (Wildman–Crippen MR) is 165 cm³/mol. The number of benzene rings is 1. The van der Waals surface area contributed by atoms with E-state index >= 15 is 0 Å². The minimum absolute atomic E-state index is 0.0586. The van der Waals surface area contributed by atoms with Gasteiger partial charge in [0.2, 0.25) is 5.91 Å². The Morgan fingerprint density at radius 1 is 1.09 bits per heavy atom. The van der Waals surface area contributed by atoms with Crippen LogP contribution in [0.15, 0.2) is 34.9 Å². The molecule has 6 rings (SSSR count). The van der Waals surface area contributed by atoms with Gasteiger partial charge in [0.25, 0.3) is 0 Å². The number of amides is 2. The fraction of sp³-hybridized carbons (Fsp3) is 0.500. The third-order valence-corrected chi connectivity index (χ3v) is 9.45. The number of ketones is 2. The van der Waals surface area contributed by atoms with Crippen LogP contribution in [0.1, 0.15) is 67.2 Å². The molecule has 1 saturated heterocycles. The number of carbonyl (C=O) groups excluding carboxylic acids is 4. The third-order valence-electron chi connectivity index (χ3n) is 9.01. The molecule has 1 aliphatic carbocycles. The van der Waals surface area contributed by atoms with Crippen LogP contribution in [0.2, 0.25) is 0 Å². The highest BCUT2D eigenvalue weighted by Crippen LogP contribution is 2.60. The molecule has 4 heterocycles. The zero-order chi connectivity index (χ0) is 31.0. The van der Waals surface area contributed by atoms with Crippen molar-refractivity contribution in [3.63, 3.8) is 0 Å². The number of halogens is 1. The van der Waals surface area contributed by atoms with Gasteiger partial charge in [0.15, 0.2) is 11.6 Å². The van der Waals surface area contributed by atoms with E-state index in [-0.39, 0.29) is 47.6 Å². The Morgan fingerprint density at radius 2 is 1.89 bits per heavy atom. The predicted octanol–water partition coefficient (Wildman–Crippen LogP) is 5.02. The molecule has 1 saturated carbocycles. The molecule has 232 valence electrons. The van der Waals surface area contributed by atoms with Crippen molar-refractivity contribution in [2.45, 2.75) is 77.4 Å². The number of pyridine rings is 1. The first-order chi connectivity index (χ1) is 21.1. The number of ether oxygens (including phenoxy) is 2. The lowest BCUT2D eigenvalue weighted by Crippen LogP contribution is -2.45. The van der Waals surface area contributed by atoms with E-state index in [9.17, 15) is 19.2 Å². The SMILES string of the molecule is CC(=O)c1nn2c3cc(ccc13)NC(=O)OCCCCCCOC[C@@]13C[C@@H](C(=O)Cc4nc(Br)ccc4C)N(C(=O)C2)[C@@H]1C3. The molecule has 2 aromatic heterocycles. The highest BCUT2D eigenvalue weighted by molar-refractivity contribution is 9.10. The van der Waals surface area contributed by atoms with Crippen LogP contribution < -0.4 is 5.32 Å². The van der Waals surface area contributed by atoms with Gasteiger partial charge >= 0.3 is 6.09 Å². The second-order valence-electron chi connectivity index (χ2n) is 12.2. The first-order valence-corrected chi connectivity index (χ1v) is 15.9. The van der Waals surface area contributed by atoms with Gasteiger partial charge < -0.3 is 14.4 Å². The van der Waals surface area contributed by atoms with Gasteiger partial charge in [-0.3, -0.25) is 24.4 Å². The summed E-state index contributed by atoms with van der Waals surface area (Å²) in [4.78, 5) is 59.1. The average molecular weight is 667 g/mol. The Bertz CT molecular complexity index is 1640. The lowest BCUT2D eigenvalue weighted by atomic mass is 9.95. The van der Waals surface area contributed by atoms with Crippen molar-refractivity contribution in [3.05, 3.63) is 51.9 Å². The van der Waals surface area contributed by atoms with Gasteiger partial charge in [0.05, 0.1) is 36.9 Å². The van der Waals surface area contributed by atoms with Crippen LogP contribution in [0, 0.1) is 12.3 Å². The molecule has 11 nitrogen and oxygen atoms in total. The summed E-state index contributed by atoms with van der Waals surface area (Å²) in [6.45, 7) is 4.58. The van der Waals surface area contributed by atoms with Crippen LogP contribution in [0.5, 0.6) is 0 Å². The van der Waals surface area contributed by atoms with Crippen molar-refractivity contribution in [2.24, 2.45) is 5.41 Å². The van der Waals surface area contributed by atoms with Gasteiger partial charge in [-0.25, -0.2) is 9.78 Å². The molecule has 2 aliphatic heterocycles. The van der Waals surface area contributed by atoms with E-state index in [0.29, 0.717) is 53.1 Å². The molecular weight excluding hydrogens is 630 g/mol. The Labute approximate surface area is 263 Å². The molecule has 2 fully saturated rings. The molecule has 2 amide bonds. The van der Waals surface area contributed by atoms with Gasteiger partial charge in [0.1, 0.15) is 16.8 Å². The summed E-state index contributed by atoms with van der Waals surface area (Å²) in [6.07, 6.45) is 4.36. The zero-order valence-electron chi connectivity index (χ0n) is 24.9. The van der Waals surface area contributed by atoms with Crippen molar-refractivity contribution in [3.8, 4) is 0 Å². The van der Waals surface area contributed by atoms with E-state index in [4.69, 9.17) is 9.47 Å². The van der Waals surface area contributed by atoms with Gasteiger partial charge in [0, 0.05) is 36.1 Å². The minimum atomic E-state index is -0.611. The van der Waals surface area contributed by atoms with Crippen molar-refractivity contribution in [2.75, 3.05) is 25.1 Å². The number of nitrogens with zero attached hydrogens (tertiary/aromatic N) is 4. The summed E-state index contributed by atoms with van der Waals surface area (Å²) < 4.78 is 13.6. The fourth-order valence-electron chi connectivity index (χ4n) is 6.57. The summed E-state index contributed by atoms with van der Waals surface area (Å²) in [5, 5.41) is 7.81. The number of hydrogen-bond acceptors (Lipinski definition) is 8. The van der Waals surface area contributed by atoms with Crippen molar-refractivity contribution < 1.29 is 28.7 Å². The summed E-state index contributed by atoms with van der Waals surface area (Å²) >= 11 is 3.40. The van der Waals surface area contributed by atoms with E-state index < -0.39 is 12.1 Å². The zero-order valence-corrected chi connectivity index (χ0v) is 26.5. The lowest BCUT2D eigenvalue weighted by molar-refractivity contribution is -0.139. The number of carbonyl (C=O) groups is 4. The van der Waals surface area contributed by atoms with Crippen LogP contribution >= 0.6 is 15.9 Å². The Balaban J connectivity index is 1.32. The number of nitrogens with one attached hydrogen (secondary N) is 1. The largest absolute Gasteiger partial charge is 0.449 e. The molecule has 3 aliphatic rings. The Hall–Kier alpha value is -3.64. The number of aryl methyl sites for hydroxylation is 1. The number of anilines is 1. The number of aromatic nitrogens is 3. The molecule has 0 unspecified atom stereocenters. The van der Waals surface area contributed by atoms with Gasteiger partial charge in [-0.15, -0.1) is 0 Å². The molecule has 12 heteroatoms. The summed E-state index contributed by atoms with van der Waals surface area (Å²) in [5.41, 5.74) is 2.57. The third kappa shape index (κ3) is 6.14. The first kappa shape index (κ1) is 30.4. The van der Waals surface area contributed by atoms with Crippen LogP contribution in [-0.2, 0) is 32.0 Å². The standard InChI is InChI=1S/C32H36BrN5O6/c1-19-7-10-28(33)35-23(19)14-26(40)25-15-32-16-27(32)38(25)29(41)17-37-24-13-21(8-9-22(24)30(36-37)20(2)39)34-31(42)44-12-6-4-3-5-11-43-18-32/h7-10,13,25,27H,3-6,11-12,14-18H2,1-2H3,(H,34,42)/t25-,27+,32-/m0/s1. The highest BCUT2D eigenvalue weighted by atomic mass is 79.9. The quantitative estimate of drug-likeness (QED) is 0.304. The molecular formula is C32H36BrN5O6. The topological polar surface area (TPSA) is 133 Å². The second kappa shape index (κ2) is 12.4. The number of Topliss-reactive ketones (excluding diaryl/α,β-unsaturated/α-hetero) is 2. The average Bonchev–Trinajstić information content (AvgIpc) is 3.40. The molecule has 44 heavy (non-hydrogen) atoms. The number of piperidine rings is 1. The molecule has 1 N–H and O–H groups in total. The number of cyclic esters (lactones) is 1. The maximum Gasteiger partial charge on any atom is 0.411 e. The van der Waals surface area contributed by atoms with Gasteiger partial charge in [-0.05, 0) is 84.8 Å². The molecule has 3 atom stereocenters. The Kier molecular flexibility index (Phi) is 8.56. The first-order valence-electron chi connectivity index (χ1n) is 15.1. The maximum absolute atomic E-state index is 14.1. The summed E-state index contributed by atoms with van der Waals surface area (Å²) in [5.74, 6) is -0.550. The maximum atomic E-state index is 14.1. The van der Waals surface area contributed by atoms with Crippen LogP contribution in [0.25, 0.3) is 10.9 Å². The smallest absolute Gasteiger partial charge is 0.411 e. The van der Waals surface area contributed by atoms with E-state index in [1.807, 2.05) is 19.1 Å². The second-order valence-corrected chi connectivity index (χ2v) is 13.0. The van der Waals surface area contributed by atoms with Crippen LogP contribution in [-0.4, -0.2) is 75.1 Å². The van der Waals surface area contributed by atoms with E-state index in [0.717, 1.165) is 37.7 Å². The van der Waals surface area contributed by atoms with E-state index in [1.165, 1.54) is 11.6 Å². The molecule has 3 aromatic rings. The molecule has 1 aromatic carbocycles. The number of fused-ring (bicyclic) bond motifs is 1. The summed E-state index contributed by atoms with van der Waals surface area (Å²) in [6, 6.07) is 8.12. The minimum Gasteiger partial charge on any atom is -0.449 e. The van der Waals surface area contributed by atoms with Crippen molar-refractivity contribution >= 4 is 56.1 Å². The van der Waals surface area contributed by atoms with Gasteiger partial charge in [-0.1, -0.05) is 12.5 Å². The van der Waals surface area contributed by atoms with Crippen molar-refractivity contribution in [1.29, 1.82) is 0 Å². The Morgan fingerprint density at radius 3 is 2.68 bits per heavy atom. The molecule has 0 spiro atoms.